The topological polar surface area (TPSA) is 37.3 Å². The second kappa shape index (κ2) is 7.95. The molecule has 4 aliphatic carbocycles. The zero-order valence-electron chi connectivity index (χ0n) is 19.8. The summed E-state index contributed by atoms with van der Waals surface area (Å²) in [6.07, 6.45) is 12.8. The van der Waals surface area contributed by atoms with Crippen molar-refractivity contribution in [2.24, 2.45) is 52.3 Å². The van der Waals surface area contributed by atoms with Crippen molar-refractivity contribution in [3.63, 3.8) is 0 Å². The summed E-state index contributed by atoms with van der Waals surface area (Å²) in [5.74, 6) is 5.21. The van der Waals surface area contributed by atoms with Crippen molar-refractivity contribution in [1.29, 1.82) is 0 Å². The fourth-order valence-electron chi connectivity index (χ4n) is 9.04. The molecule has 0 spiro atoms. The number of rotatable bonds is 5. The van der Waals surface area contributed by atoms with Crippen molar-refractivity contribution in [2.75, 3.05) is 0 Å². The van der Waals surface area contributed by atoms with E-state index in [-0.39, 0.29) is 17.4 Å². The fraction of sp³-hybridized carbons (Fsp3) is 0.963. The van der Waals surface area contributed by atoms with Gasteiger partial charge in [0.25, 0.3) is 0 Å². The summed E-state index contributed by atoms with van der Waals surface area (Å²) < 4.78 is 0. The third-order valence-corrected chi connectivity index (χ3v) is 10.6. The molecular formula is C27H46O2. The number of carbonyl (C=O) groups is 1. The molecule has 9 atom stereocenters. The number of fused-ring (bicyclic) bond motifs is 5. The van der Waals surface area contributed by atoms with E-state index in [0.29, 0.717) is 23.0 Å². The Bertz CT molecular complexity index is 612. The number of aliphatic hydroxyl groups excluding tert-OH is 1. The molecule has 29 heavy (non-hydrogen) atoms. The minimum absolute atomic E-state index is 0.129. The van der Waals surface area contributed by atoms with Gasteiger partial charge in [-0.25, -0.2) is 0 Å². The first kappa shape index (κ1) is 21.8. The van der Waals surface area contributed by atoms with Crippen LogP contribution in [-0.2, 0) is 4.79 Å². The number of ketones is 1. The van der Waals surface area contributed by atoms with Gasteiger partial charge in [-0.1, -0.05) is 53.9 Å². The molecule has 0 amide bonds. The lowest BCUT2D eigenvalue weighted by Crippen LogP contribution is -2.57. The van der Waals surface area contributed by atoms with Crippen LogP contribution in [0.3, 0.4) is 0 Å². The van der Waals surface area contributed by atoms with Gasteiger partial charge in [0.15, 0.2) is 0 Å². The van der Waals surface area contributed by atoms with Crippen molar-refractivity contribution in [2.45, 2.75) is 111 Å². The van der Waals surface area contributed by atoms with Gasteiger partial charge in [0, 0.05) is 12.3 Å². The first-order valence-corrected chi connectivity index (χ1v) is 12.9. The highest BCUT2D eigenvalue weighted by Gasteiger charge is 2.62. The van der Waals surface area contributed by atoms with Gasteiger partial charge < -0.3 is 5.11 Å². The Hall–Kier alpha value is -0.370. The number of Topliss-reactive ketones (excluding diaryl/α,β-unsaturated/α-hetero) is 1. The summed E-state index contributed by atoms with van der Waals surface area (Å²) in [4.78, 5) is 13.2. The second-order valence-corrected chi connectivity index (χ2v) is 12.6. The molecule has 0 aromatic carbocycles. The van der Waals surface area contributed by atoms with E-state index in [2.05, 4.69) is 34.6 Å². The Morgan fingerprint density at radius 3 is 2.38 bits per heavy atom. The van der Waals surface area contributed by atoms with Gasteiger partial charge in [-0.3, -0.25) is 4.79 Å². The highest BCUT2D eigenvalue weighted by Crippen LogP contribution is 2.67. The molecule has 2 nitrogen and oxygen atoms in total. The predicted octanol–water partition coefficient (Wildman–Crippen LogP) is 6.65. The molecular weight excluding hydrogens is 356 g/mol. The monoisotopic (exact) mass is 402 g/mol. The van der Waals surface area contributed by atoms with Crippen LogP contribution in [-0.4, -0.2) is 17.0 Å². The van der Waals surface area contributed by atoms with Crippen LogP contribution < -0.4 is 0 Å². The van der Waals surface area contributed by atoms with Crippen molar-refractivity contribution < 1.29 is 9.90 Å². The minimum atomic E-state index is -0.245. The average Bonchev–Trinajstić information content (AvgIpc) is 3.00. The molecule has 4 fully saturated rings. The van der Waals surface area contributed by atoms with Gasteiger partial charge >= 0.3 is 0 Å². The van der Waals surface area contributed by atoms with Gasteiger partial charge in [-0.15, -0.1) is 0 Å². The molecule has 4 aliphatic rings. The van der Waals surface area contributed by atoms with E-state index < -0.39 is 0 Å². The smallest absolute Gasteiger partial charge is 0.136 e. The van der Waals surface area contributed by atoms with Crippen molar-refractivity contribution in [1.82, 2.24) is 0 Å². The summed E-state index contributed by atoms with van der Waals surface area (Å²) in [7, 11) is 0. The van der Waals surface area contributed by atoms with Crippen LogP contribution in [0.15, 0.2) is 0 Å². The normalized spacial score (nSPS) is 48.2. The number of aliphatic hydroxyl groups is 1. The molecule has 166 valence electrons. The summed E-state index contributed by atoms with van der Waals surface area (Å²) in [6, 6.07) is 0. The Morgan fingerprint density at radius 2 is 1.66 bits per heavy atom. The maximum Gasteiger partial charge on any atom is 0.136 e. The zero-order chi connectivity index (χ0) is 21.0. The third-order valence-electron chi connectivity index (χ3n) is 10.6. The summed E-state index contributed by atoms with van der Waals surface area (Å²) in [5, 5.41) is 10.2. The van der Waals surface area contributed by atoms with Crippen LogP contribution in [0.1, 0.15) is 105 Å². The molecule has 0 radical (unpaired) electrons. The summed E-state index contributed by atoms with van der Waals surface area (Å²) >= 11 is 0. The zero-order valence-corrected chi connectivity index (χ0v) is 19.8. The fourth-order valence-corrected chi connectivity index (χ4v) is 9.04. The first-order chi connectivity index (χ1) is 13.7. The molecule has 4 saturated carbocycles. The Balaban J connectivity index is 1.50. The molecule has 0 unspecified atom stereocenters. The molecule has 0 aliphatic heterocycles. The number of carbonyl (C=O) groups excluding carboxylic acids is 1. The number of hydrogen-bond acceptors (Lipinski definition) is 2. The van der Waals surface area contributed by atoms with E-state index in [9.17, 15) is 9.90 Å². The molecule has 4 rings (SSSR count). The molecule has 2 heteroatoms. The minimum Gasteiger partial charge on any atom is -0.393 e. The highest BCUT2D eigenvalue weighted by atomic mass is 16.3. The maximum absolute atomic E-state index is 13.2. The highest BCUT2D eigenvalue weighted by molar-refractivity contribution is 5.83. The molecule has 1 N–H and O–H groups in total. The van der Waals surface area contributed by atoms with E-state index in [1.54, 1.807) is 0 Å². The van der Waals surface area contributed by atoms with Gasteiger partial charge in [-0.05, 0) is 91.3 Å². The Kier molecular flexibility index (Phi) is 5.99. The largest absolute Gasteiger partial charge is 0.393 e. The van der Waals surface area contributed by atoms with E-state index >= 15 is 0 Å². The van der Waals surface area contributed by atoms with E-state index in [1.807, 2.05) is 0 Å². The van der Waals surface area contributed by atoms with Crippen LogP contribution in [0.25, 0.3) is 0 Å². The van der Waals surface area contributed by atoms with Crippen LogP contribution in [0, 0.1) is 52.3 Å². The average molecular weight is 403 g/mol. The molecule has 0 aromatic rings. The standard InChI is InChI=1S/C27H46O2/c1-17(2)7-6-8-18(3)21-9-10-22-20-16-25(29)24-15-19(28)11-13-27(24,5)23(20)12-14-26(21,22)4/h17-24,28H,6-16H2,1-5H3/t18-,19+,20+,21-,22+,23-,24-,26-,27-/m1/s1. The SMILES string of the molecule is CC(C)CCC[C@@H](C)[C@H]1CC[C@H]2[C@@H]3CC(=O)[C@H]4C[C@@H](O)CC[C@]4(C)[C@@H]3CC[C@]12C. The van der Waals surface area contributed by atoms with Crippen LogP contribution in [0.4, 0.5) is 0 Å². The Morgan fingerprint density at radius 1 is 0.966 bits per heavy atom. The molecule has 0 bridgehead atoms. The van der Waals surface area contributed by atoms with Gasteiger partial charge in [0.1, 0.15) is 5.78 Å². The lowest BCUT2D eigenvalue weighted by Gasteiger charge is -2.60. The van der Waals surface area contributed by atoms with Gasteiger partial charge in [-0.2, -0.15) is 0 Å². The van der Waals surface area contributed by atoms with Crippen LogP contribution in [0.2, 0.25) is 0 Å². The van der Waals surface area contributed by atoms with Gasteiger partial charge in [0.05, 0.1) is 6.10 Å². The molecule has 0 aromatic heterocycles. The van der Waals surface area contributed by atoms with E-state index in [4.69, 9.17) is 0 Å². The van der Waals surface area contributed by atoms with Crippen molar-refractivity contribution in [3.8, 4) is 0 Å². The first-order valence-electron chi connectivity index (χ1n) is 12.9. The Labute approximate surface area is 179 Å². The van der Waals surface area contributed by atoms with E-state index in [0.717, 1.165) is 49.4 Å². The molecule has 0 heterocycles. The maximum atomic E-state index is 13.2. The summed E-state index contributed by atoms with van der Waals surface area (Å²) in [6.45, 7) is 12.2. The molecule has 0 saturated heterocycles. The second-order valence-electron chi connectivity index (χ2n) is 12.6. The summed E-state index contributed by atoms with van der Waals surface area (Å²) in [5.41, 5.74) is 0.609. The number of hydrogen-bond donors (Lipinski definition) is 1. The van der Waals surface area contributed by atoms with E-state index in [1.165, 1.54) is 44.9 Å². The van der Waals surface area contributed by atoms with Gasteiger partial charge in [0.2, 0.25) is 0 Å². The predicted molar refractivity (Wildman–Crippen MR) is 119 cm³/mol. The lowest BCUT2D eigenvalue weighted by molar-refractivity contribution is -0.160. The van der Waals surface area contributed by atoms with Crippen LogP contribution >= 0.6 is 0 Å². The van der Waals surface area contributed by atoms with Crippen molar-refractivity contribution in [3.05, 3.63) is 0 Å². The quantitative estimate of drug-likeness (QED) is 0.559. The lowest BCUT2D eigenvalue weighted by atomic mass is 9.44. The van der Waals surface area contributed by atoms with Crippen molar-refractivity contribution >= 4 is 5.78 Å². The third kappa shape index (κ3) is 3.64. The van der Waals surface area contributed by atoms with Crippen LogP contribution in [0.5, 0.6) is 0 Å².